The van der Waals surface area contributed by atoms with Gasteiger partial charge in [-0.1, -0.05) is 18.2 Å². The number of carboxylic acids is 1. The quantitative estimate of drug-likeness (QED) is 0.876. The lowest BCUT2D eigenvalue weighted by atomic mass is 10.1. The van der Waals surface area contributed by atoms with Crippen LogP contribution in [-0.2, 0) is 20.8 Å². The summed E-state index contributed by atoms with van der Waals surface area (Å²) in [5, 5.41) is 8.97. The Morgan fingerprint density at radius 1 is 1.24 bits per heavy atom. The smallest absolute Gasteiger partial charge is 0.323 e. The van der Waals surface area contributed by atoms with E-state index in [1.165, 1.54) is 17.9 Å². The van der Waals surface area contributed by atoms with E-state index in [2.05, 4.69) is 0 Å². The van der Waals surface area contributed by atoms with Gasteiger partial charge in [-0.3, -0.25) is 14.4 Å². The Morgan fingerprint density at radius 2 is 1.96 bits per heavy atom. The SMILES string of the molecule is CC(=O)N(CC(=O)O)C1CCCN(C(=O)Cc2ccccc2F)CC1. The van der Waals surface area contributed by atoms with Crippen LogP contribution in [0, 0.1) is 5.82 Å². The summed E-state index contributed by atoms with van der Waals surface area (Å²) in [6.45, 7) is 1.99. The summed E-state index contributed by atoms with van der Waals surface area (Å²) in [6, 6.07) is 6.01. The van der Waals surface area contributed by atoms with E-state index in [9.17, 15) is 18.8 Å². The number of amides is 2. The second kappa shape index (κ2) is 8.60. The third-order valence-electron chi connectivity index (χ3n) is 4.50. The first-order valence-corrected chi connectivity index (χ1v) is 8.38. The molecule has 1 heterocycles. The Labute approximate surface area is 146 Å². The van der Waals surface area contributed by atoms with Crippen molar-refractivity contribution in [1.29, 1.82) is 0 Å². The van der Waals surface area contributed by atoms with Gasteiger partial charge in [0.2, 0.25) is 11.8 Å². The molecule has 1 aromatic rings. The minimum Gasteiger partial charge on any atom is -0.480 e. The van der Waals surface area contributed by atoms with Gasteiger partial charge < -0.3 is 14.9 Å². The largest absolute Gasteiger partial charge is 0.480 e. The van der Waals surface area contributed by atoms with Crippen LogP contribution in [0.2, 0.25) is 0 Å². The number of carbonyl (C=O) groups is 3. The van der Waals surface area contributed by atoms with Crippen molar-refractivity contribution < 1.29 is 23.9 Å². The third-order valence-corrected chi connectivity index (χ3v) is 4.50. The van der Waals surface area contributed by atoms with Crippen LogP contribution in [-0.4, -0.2) is 58.4 Å². The van der Waals surface area contributed by atoms with Gasteiger partial charge in [0, 0.05) is 26.1 Å². The summed E-state index contributed by atoms with van der Waals surface area (Å²) in [5.74, 6) is -1.88. The Kier molecular flexibility index (Phi) is 6.50. The lowest BCUT2D eigenvalue weighted by Crippen LogP contribution is -2.43. The molecule has 0 bridgehead atoms. The summed E-state index contributed by atoms with van der Waals surface area (Å²) in [6.07, 6.45) is 1.85. The highest BCUT2D eigenvalue weighted by molar-refractivity contribution is 5.80. The number of benzene rings is 1. The van der Waals surface area contributed by atoms with Crippen molar-refractivity contribution in [2.45, 2.75) is 38.6 Å². The standard InChI is InChI=1S/C18H23FN2O4/c1-13(22)21(12-18(24)25)15-6-4-9-20(10-8-15)17(23)11-14-5-2-3-7-16(14)19/h2-3,5,7,15H,4,6,8-12H2,1H3,(H,24,25). The van der Waals surface area contributed by atoms with Gasteiger partial charge in [-0.25, -0.2) is 4.39 Å². The number of carboxylic acid groups (broad SMARTS) is 1. The molecule has 0 radical (unpaired) electrons. The summed E-state index contributed by atoms with van der Waals surface area (Å²) >= 11 is 0. The second-order valence-corrected chi connectivity index (χ2v) is 6.27. The minimum absolute atomic E-state index is 0.00287. The van der Waals surface area contributed by atoms with Crippen molar-refractivity contribution in [3.8, 4) is 0 Å². The van der Waals surface area contributed by atoms with Crippen molar-refractivity contribution in [2.24, 2.45) is 0 Å². The fourth-order valence-corrected chi connectivity index (χ4v) is 3.20. The van der Waals surface area contributed by atoms with Crippen LogP contribution in [0.4, 0.5) is 4.39 Å². The molecule has 1 atom stereocenters. The molecule has 0 aromatic heterocycles. The number of likely N-dealkylation sites (tertiary alicyclic amines) is 1. The Morgan fingerprint density at radius 3 is 2.60 bits per heavy atom. The number of nitrogens with zero attached hydrogens (tertiary/aromatic N) is 2. The fourth-order valence-electron chi connectivity index (χ4n) is 3.20. The predicted octanol–water partition coefficient (Wildman–Crippen LogP) is 1.68. The van der Waals surface area contributed by atoms with Gasteiger partial charge in [0.1, 0.15) is 12.4 Å². The van der Waals surface area contributed by atoms with Gasteiger partial charge in [0.05, 0.1) is 6.42 Å². The van der Waals surface area contributed by atoms with E-state index >= 15 is 0 Å². The molecule has 6 nitrogen and oxygen atoms in total. The second-order valence-electron chi connectivity index (χ2n) is 6.27. The zero-order chi connectivity index (χ0) is 18.4. The van der Waals surface area contributed by atoms with Crippen LogP contribution in [0.15, 0.2) is 24.3 Å². The average Bonchev–Trinajstić information content (AvgIpc) is 2.80. The molecule has 1 aliphatic rings. The van der Waals surface area contributed by atoms with Gasteiger partial charge in [-0.05, 0) is 30.9 Å². The molecule has 7 heteroatoms. The summed E-state index contributed by atoms with van der Waals surface area (Å²) in [5.41, 5.74) is 0.365. The van der Waals surface area contributed by atoms with E-state index in [0.717, 1.165) is 0 Å². The number of halogens is 1. The number of carbonyl (C=O) groups excluding carboxylic acids is 2. The molecule has 1 saturated heterocycles. The van der Waals surface area contributed by atoms with Crippen LogP contribution in [0.25, 0.3) is 0 Å². The van der Waals surface area contributed by atoms with Crippen LogP contribution >= 0.6 is 0 Å². The summed E-state index contributed by atoms with van der Waals surface area (Å²) < 4.78 is 13.7. The lowest BCUT2D eigenvalue weighted by molar-refractivity contribution is -0.145. The van der Waals surface area contributed by atoms with Crippen molar-refractivity contribution in [1.82, 2.24) is 9.80 Å². The van der Waals surface area contributed by atoms with E-state index in [1.807, 2.05) is 0 Å². The Balaban J connectivity index is 1.98. The maximum absolute atomic E-state index is 13.7. The number of aliphatic carboxylic acids is 1. The predicted molar refractivity (Wildman–Crippen MR) is 89.3 cm³/mol. The van der Waals surface area contributed by atoms with Gasteiger partial charge in [-0.15, -0.1) is 0 Å². The van der Waals surface area contributed by atoms with Crippen LogP contribution in [0.5, 0.6) is 0 Å². The normalized spacial score (nSPS) is 17.7. The molecule has 136 valence electrons. The molecule has 25 heavy (non-hydrogen) atoms. The average molecular weight is 350 g/mol. The zero-order valence-corrected chi connectivity index (χ0v) is 14.3. The summed E-state index contributed by atoms with van der Waals surface area (Å²) in [4.78, 5) is 38.2. The first-order chi connectivity index (χ1) is 11.9. The van der Waals surface area contributed by atoms with E-state index in [0.29, 0.717) is 37.9 Å². The van der Waals surface area contributed by atoms with Crippen LogP contribution in [0.1, 0.15) is 31.7 Å². The molecule has 1 N–H and O–H groups in total. The molecule has 0 aliphatic carbocycles. The molecule has 1 fully saturated rings. The third kappa shape index (κ3) is 5.27. The fraction of sp³-hybridized carbons (Fsp3) is 0.500. The molecule has 2 amide bonds. The Hall–Kier alpha value is -2.44. The van der Waals surface area contributed by atoms with Crippen molar-refractivity contribution in [2.75, 3.05) is 19.6 Å². The first kappa shape index (κ1) is 18.9. The monoisotopic (exact) mass is 350 g/mol. The molecular formula is C18H23FN2O4. The van der Waals surface area contributed by atoms with Crippen molar-refractivity contribution in [3.05, 3.63) is 35.6 Å². The maximum atomic E-state index is 13.7. The van der Waals surface area contributed by atoms with E-state index in [1.54, 1.807) is 23.1 Å². The van der Waals surface area contributed by atoms with Crippen molar-refractivity contribution >= 4 is 17.8 Å². The number of hydrogen-bond donors (Lipinski definition) is 1. The highest BCUT2D eigenvalue weighted by atomic mass is 19.1. The van der Waals surface area contributed by atoms with Gasteiger partial charge >= 0.3 is 5.97 Å². The number of hydrogen-bond acceptors (Lipinski definition) is 3. The first-order valence-electron chi connectivity index (χ1n) is 8.38. The van der Waals surface area contributed by atoms with E-state index in [-0.39, 0.29) is 30.8 Å². The molecular weight excluding hydrogens is 327 g/mol. The maximum Gasteiger partial charge on any atom is 0.323 e. The zero-order valence-electron chi connectivity index (χ0n) is 14.3. The Bertz CT molecular complexity index is 650. The highest BCUT2D eigenvalue weighted by Gasteiger charge is 2.27. The van der Waals surface area contributed by atoms with Gasteiger partial charge in [0.15, 0.2) is 0 Å². The minimum atomic E-state index is -1.05. The van der Waals surface area contributed by atoms with Gasteiger partial charge in [-0.2, -0.15) is 0 Å². The molecule has 1 aromatic carbocycles. The van der Waals surface area contributed by atoms with Crippen LogP contribution < -0.4 is 0 Å². The molecule has 2 rings (SSSR count). The number of rotatable bonds is 5. The topological polar surface area (TPSA) is 77.9 Å². The van der Waals surface area contributed by atoms with E-state index < -0.39 is 11.8 Å². The van der Waals surface area contributed by atoms with E-state index in [4.69, 9.17) is 5.11 Å². The molecule has 1 unspecified atom stereocenters. The lowest BCUT2D eigenvalue weighted by Gasteiger charge is -2.28. The van der Waals surface area contributed by atoms with Crippen LogP contribution in [0.3, 0.4) is 0 Å². The summed E-state index contributed by atoms with van der Waals surface area (Å²) in [7, 11) is 0. The van der Waals surface area contributed by atoms with Crippen molar-refractivity contribution in [3.63, 3.8) is 0 Å². The molecule has 0 saturated carbocycles. The van der Waals surface area contributed by atoms with Gasteiger partial charge in [0.25, 0.3) is 0 Å². The molecule has 0 spiro atoms. The highest BCUT2D eigenvalue weighted by Crippen LogP contribution is 2.18. The molecule has 1 aliphatic heterocycles.